The topological polar surface area (TPSA) is 92.4 Å². The van der Waals surface area contributed by atoms with Crippen molar-refractivity contribution in [1.82, 2.24) is 5.32 Å². The number of amides is 2. The monoisotopic (exact) mass is 256 g/mol. The third-order valence-electron chi connectivity index (χ3n) is 3.69. The molecular formula is C13H24N2O3. The van der Waals surface area contributed by atoms with Crippen LogP contribution in [0.4, 0.5) is 0 Å². The van der Waals surface area contributed by atoms with Gasteiger partial charge in [-0.1, -0.05) is 39.5 Å². The SMILES string of the molecule is CC(C)[C@H](O)C(=O)NC1(C(N)=O)CCCCCC1. The number of aliphatic hydroxyl groups is 1. The maximum atomic E-state index is 11.9. The van der Waals surface area contributed by atoms with Crippen LogP contribution in [-0.2, 0) is 9.59 Å². The summed E-state index contributed by atoms with van der Waals surface area (Å²) in [6.45, 7) is 3.52. The van der Waals surface area contributed by atoms with Gasteiger partial charge in [-0.05, 0) is 18.8 Å². The van der Waals surface area contributed by atoms with Gasteiger partial charge in [0.25, 0.3) is 0 Å². The van der Waals surface area contributed by atoms with E-state index in [-0.39, 0.29) is 5.92 Å². The highest BCUT2D eigenvalue weighted by Gasteiger charge is 2.39. The predicted octanol–water partition coefficient (Wildman–Crippen LogP) is 0.698. The number of primary amides is 1. The maximum absolute atomic E-state index is 11.9. The van der Waals surface area contributed by atoms with Crippen LogP contribution in [0, 0.1) is 5.92 Å². The Morgan fingerprint density at radius 1 is 1.17 bits per heavy atom. The Hall–Kier alpha value is -1.10. The summed E-state index contributed by atoms with van der Waals surface area (Å²) >= 11 is 0. The molecule has 2 amide bonds. The molecule has 1 saturated carbocycles. The molecule has 5 heteroatoms. The predicted molar refractivity (Wildman–Crippen MR) is 68.6 cm³/mol. The van der Waals surface area contributed by atoms with Crippen LogP contribution < -0.4 is 11.1 Å². The molecule has 0 aliphatic heterocycles. The second-order valence-corrected chi connectivity index (χ2v) is 5.54. The Kier molecular flexibility index (Phi) is 5.14. The molecule has 0 aromatic carbocycles. The van der Waals surface area contributed by atoms with Gasteiger partial charge in [-0.2, -0.15) is 0 Å². The lowest BCUT2D eigenvalue weighted by molar-refractivity contribution is -0.138. The molecule has 0 aromatic rings. The second kappa shape index (κ2) is 6.18. The van der Waals surface area contributed by atoms with Crippen molar-refractivity contribution in [3.8, 4) is 0 Å². The van der Waals surface area contributed by atoms with Crippen LogP contribution in [0.1, 0.15) is 52.4 Å². The Balaban J connectivity index is 2.79. The smallest absolute Gasteiger partial charge is 0.249 e. The highest BCUT2D eigenvalue weighted by Crippen LogP contribution is 2.27. The number of hydrogen-bond donors (Lipinski definition) is 3. The van der Waals surface area contributed by atoms with Gasteiger partial charge in [0.05, 0.1) is 0 Å². The first-order valence-electron chi connectivity index (χ1n) is 6.69. The average Bonchev–Trinajstić information content (AvgIpc) is 2.54. The van der Waals surface area contributed by atoms with Crippen molar-refractivity contribution in [1.29, 1.82) is 0 Å². The highest BCUT2D eigenvalue weighted by molar-refractivity contribution is 5.91. The van der Waals surface area contributed by atoms with Crippen LogP contribution in [0.2, 0.25) is 0 Å². The number of hydrogen-bond acceptors (Lipinski definition) is 3. The minimum Gasteiger partial charge on any atom is -0.383 e. The number of aliphatic hydroxyl groups excluding tert-OH is 1. The Morgan fingerprint density at radius 2 is 1.67 bits per heavy atom. The Morgan fingerprint density at radius 3 is 2.06 bits per heavy atom. The van der Waals surface area contributed by atoms with E-state index in [9.17, 15) is 14.7 Å². The zero-order valence-corrected chi connectivity index (χ0v) is 11.2. The molecule has 0 spiro atoms. The van der Waals surface area contributed by atoms with E-state index in [0.717, 1.165) is 25.7 Å². The standard InChI is InChI=1S/C13H24N2O3/c1-9(2)10(16)11(17)15-13(12(14)18)7-5-3-4-6-8-13/h9-10,16H,3-8H2,1-2H3,(H2,14,18)(H,15,17)/t10-/m0/s1. The van der Waals surface area contributed by atoms with Gasteiger partial charge in [-0.25, -0.2) is 0 Å². The first-order chi connectivity index (χ1) is 8.39. The molecule has 0 radical (unpaired) electrons. The van der Waals surface area contributed by atoms with Crippen molar-refractivity contribution in [2.24, 2.45) is 11.7 Å². The fraction of sp³-hybridized carbons (Fsp3) is 0.846. The summed E-state index contributed by atoms with van der Waals surface area (Å²) < 4.78 is 0. The molecule has 1 aliphatic carbocycles. The van der Waals surface area contributed by atoms with E-state index in [4.69, 9.17) is 5.73 Å². The third kappa shape index (κ3) is 3.45. The molecule has 0 aromatic heterocycles. The molecule has 1 fully saturated rings. The van der Waals surface area contributed by atoms with E-state index >= 15 is 0 Å². The number of carbonyl (C=O) groups is 2. The van der Waals surface area contributed by atoms with Gasteiger partial charge in [0.2, 0.25) is 11.8 Å². The fourth-order valence-corrected chi connectivity index (χ4v) is 2.38. The van der Waals surface area contributed by atoms with Gasteiger partial charge in [-0.3, -0.25) is 9.59 Å². The maximum Gasteiger partial charge on any atom is 0.249 e. The van der Waals surface area contributed by atoms with Gasteiger partial charge in [-0.15, -0.1) is 0 Å². The Bertz CT molecular complexity index is 307. The number of nitrogens with two attached hydrogens (primary N) is 1. The zero-order valence-electron chi connectivity index (χ0n) is 11.2. The van der Waals surface area contributed by atoms with Gasteiger partial charge >= 0.3 is 0 Å². The van der Waals surface area contributed by atoms with Gasteiger partial charge in [0.1, 0.15) is 11.6 Å². The molecule has 1 aliphatic rings. The quantitative estimate of drug-likeness (QED) is 0.646. The summed E-state index contributed by atoms with van der Waals surface area (Å²) in [5.41, 5.74) is 4.49. The number of nitrogens with one attached hydrogen (secondary N) is 1. The van der Waals surface area contributed by atoms with Crippen LogP contribution in [-0.4, -0.2) is 28.6 Å². The number of rotatable bonds is 4. The summed E-state index contributed by atoms with van der Waals surface area (Å²) in [5, 5.41) is 12.4. The molecule has 1 atom stereocenters. The summed E-state index contributed by atoms with van der Waals surface area (Å²) in [6, 6.07) is 0. The number of carbonyl (C=O) groups excluding carboxylic acids is 2. The van der Waals surface area contributed by atoms with Gasteiger partial charge in [0, 0.05) is 0 Å². The summed E-state index contributed by atoms with van der Waals surface area (Å²) in [5.74, 6) is -1.17. The van der Waals surface area contributed by atoms with E-state index in [0.29, 0.717) is 12.8 Å². The normalized spacial score (nSPS) is 21.1. The van der Waals surface area contributed by atoms with Crippen molar-refractivity contribution in [2.75, 3.05) is 0 Å². The molecule has 0 heterocycles. The molecule has 0 saturated heterocycles. The first-order valence-corrected chi connectivity index (χ1v) is 6.69. The molecule has 104 valence electrons. The molecule has 5 nitrogen and oxygen atoms in total. The zero-order chi connectivity index (χ0) is 13.8. The fourth-order valence-electron chi connectivity index (χ4n) is 2.38. The summed E-state index contributed by atoms with van der Waals surface area (Å²) in [7, 11) is 0. The van der Waals surface area contributed by atoms with Crippen LogP contribution in [0.25, 0.3) is 0 Å². The minimum atomic E-state index is -1.09. The van der Waals surface area contributed by atoms with Crippen molar-refractivity contribution in [3.63, 3.8) is 0 Å². The van der Waals surface area contributed by atoms with Crippen LogP contribution >= 0.6 is 0 Å². The first kappa shape index (κ1) is 15.0. The molecule has 18 heavy (non-hydrogen) atoms. The largest absolute Gasteiger partial charge is 0.383 e. The molecule has 0 unspecified atom stereocenters. The lowest BCUT2D eigenvalue weighted by atomic mass is 9.88. The van der Waals surface area contributed by atoms with E-state index in [1.807, 2.05) is 0 Å². The van der Waals surface area contributed by atoms with Gasteiger partial charge < -0.3 is 16.2 Å². The van der Waals surface area contributed by atoms with Crippen LogP contribution in [0.5, 0.6) is 0 Å². The Labute approximate surface area is 108 Å². The molecule has 4 N–H and O–H groups in total. The highest BCUT2D eigenvalue weighted by atomic mass is 16.3. The third-order valence-corrected chi connectivity index (χ3v) is 3.69. The molecule has 1 rings (SSSR count). The van der Waals surface area contributed by atoms with Crippen molar-refractivity contribution >= 4 is 11.8 Å². The van der Waals surface area contributed by atoms with E-state index in [1.54, 1.807) is 13.8 Å². The lowest BCUT2D eigenvalue weighted by Gasteiger charge is -2.32. The van der Waals surface area contributed by atoms with Crippen LogP contribution in [0.3, 0.4) is 0 Å². The van der Waals surface area contributed by atoms with E-state index < -0.39 is 23.5 Å². The lowest BCUT2D eigenvalue weighted by Crippen LogP contribution is -2.59. The van der Waals surface area contributed by atoms with E-state index in [1.165, 1.54) is 0 Å². The van der Waals surface area contributed by atoms with Crippen LogP contribution in [0.15, 0.2) is 0 Å². The minimum absolute atomic E-state index is 0.180. The summed E-state index contributed by atoms with van der Waals surface area (Å²) in [6.07, 6.45) is 3.90. The second-order valence-electron chi connectivity index (χ2n) is 5.54. The average molecular weight is 256 g/mol. The van der Waals surface area contributed by atoms with Gasteiger partial charge in [0.15, 0.2) is 0 Å². The van der Waals surface area contributed by atoms with Crippen molar-refractivity contribution < 1.29 is 14.7 Å². The van der Waals surface area contributed by atoms with Crippen molar-refractivity contribution in [3.05, 3.63) is 0 Å². The molecule has 0 bridgehead atoms. The molecular weight excluding hydrogens is 232 g/mol. The van der Waals surface area contributed by atoms with E-state index in [2.05, 4.69) is 5.32 Å². The van der Waals surface area contributed by atoms with Crippen molar-refractivity contribution in [2.45, 2.75) is 64.0 Å². The summed E-state index contributed by atoms with van der Waals surface area (Å²) in [4.78, 5) is 23.6.